The van der Waals surface area contributed by atoms with Gasteiger partial charge in [0.25, 0.3) is 0 Å². The van der Waals surface area contributed by atoms with Crippen LogP contribution in [-0.2, 0) is 0 Å². The van der Waals surface area contributed by atoms with Gasteiger partial charge in [0.05, 0.1) is 3.57 Å². The van der Waals surface area contributed by atoms with Crippen LogP contribution in [0.25, 0.3) is 11.4 Å². The molecule has 0 radical (unpaired) electrons. The second kappa shape index (κ2) is 4.84. The number of anilines is 1. The summed E-state index contributed by atoms with van der Waals surface area (Å²) in [6, 6.07) is 8.48. The summed E-state index contributed by atoms with van der Waals surface area (Å²) in [6.45, 7) is 0. The molecule has 0 bridgehead atoms. The molecule has 0 unspecified atom stereocenters. The molecule has 1 aromatic heterocycles. The molecule has 1 N–H and O–H groups in total. The zero-order chi connectivity index (χ0) is 12.5. The Balaban J connectivity index is 2.09. The highest BCUT2D eigenvalue weighted by Crippen LogP contribution is 2.43. The first-order chi connectivity index (χ1) is 8.79. The van der Waals surface area contributed by atoms with Crippen LogP contribution in [0.2, 0.25) is 0 Å². The molecule has 1 aromatic carbocycles. The minimum Gasteiger partial charge on any atom is -0.372 e. The standard InChI is InChI=1S/C14H14IN3/c1-16-14-12(15)8-17-13(18-14)11-5-3-2-4-10(11)9-6-7-9/h2-5,8-9H,6-7H2,1H3,(H,16,17,18). The zero-order valence-electron chi connectivity index (χ0n) is 10.2. The van der Waals surface area contributed by atoms with Crippen molar-refractivity contribution in [2.24, 2.45) is 0 Å². The van der Waals surface area contributed by atoms with Gasteiger partial charge >= 0.3 is 0 Å². The van der Waals surface area contributed by atoms with Crippen molar-refractivity contribution in [1.29, 1.82) is 0 Å². The predicted molar refractivity (Wildman–Crippen MR) is 81.7 cm³/mol. The quantitative estimate of drug-likeness (QED) is 0.858. The van der Waals surface area contributed by atoms with E-state index in [0.717, 1.165) is 15.2 Å². The number of benzene rings is 1. The first kappa shape index (κ1) is 11.9. The molecule has 0 aliphatic heterocycles. The molecular formula is C14H14IN3. The van der Waals surface area contributed by atoms with Crippen molar-refractivity contribution in [1.82, 2.24) is 9.97 Å². The number of nitrogens with one attached hydrogen (secondary N) is 1. The number of hydrogen-bond donors (Lipinski definition) is 1. The molecular weight excluding hydrogens is 337 g/mol. The smallest absolute Gasteiger partial charge is 0.161 e. The molecule has 1 fully saturated rings. The molecule has 1 saturated carbocycles. The van der Waals surface area contributed by atoms with Crippen LogP contribution in [0.4, 0.5) is 5.82 Å². The van der Waals surface area contributed by atoms with Crippen LogP contribution in [-0.4, -0.2) is 17.0 Å². The van der Waals surface area contributed by atoms with Crippen LogP contribution >= 0.6 is 22.6 Å². The SMILES string of the molecule is CNc1nc(-c2ccccc2C2CC2)ncc1I. The highest BCUT2D eigenvalue weighted by molar-refractivity contribution is 14.1. The Bertz CT molecular complexity index is 579. The van der Waals surface area contributed by atoms with E-state index in [1.54, 1.807) is 0 Å². The summed E-state index contributed by atoms with van der Waals surface area (Å²) in [5.41, 5.74) is 2.56. The van der Waals surface area contributed by atoms with Crippen LogP contribution in [0.5, 0.6) is 0 Å². The zero-order valence-corrected chi connectivity index (χ0v) is 12.3. The van der Waals surface area contributed by atoms with Crippen LogP contribution in [0.3, 0.4) is 0 Å². The molecule has 0 spiro atoms. The van der Waals surface area contributed by atoms with Crippen LogP contribution < -0.4 is 5.32 Å². The molecule has 18 heavy (non-hydrogen) atoms. The summed E-state index contributed by atoms with van der Waals surface area (Å²) in [4.78, 5) is 9.07. The number of hydrogen-bond acceptors (Lipinski definition) is 3. The molecule has 4 heteroatoms. The van der Waals surface area contributed by atoms with Crippen molar-refractivity contribution in [3.63, 3.8) is 0 Å². The Morgan fingerprint density at radius 3 is 2.78 bits per heavy atom. The van der Waals surface area contributed by atoms with E-state index < -0.39 is 0 Å². The van der Waals surface area contributed by atoms with Crippen molar-refractivity contribution >= 4 is 28.4 Å². The average molecular weight is 351 g/mol. The van der Waals surface area contributed by atoms with E-state index in [1.807, 2.05) is 13.2 Å². The molecule has 0 atom stereocenters. The number of aromatic nitrogens is 2. The second-order valence-electron chi connectivity index (χ2n) is 4.50. The van der Waals surface area contributed by atoms with E-state index in [4.69, 9.17) is 0 Å². The van der Waals surface area contributed by atoms with Gasteiger partial charge in [0.1, 0.15) is 5.82 Å². The summed E-state index contributed by atoms with van der Waals surface area (Å²) >= 11 is 2.24. The van der Waals surface area contributed by atoms with Crippen LogP contribution in [0.1, 0.15) is 24.3 Å². The van der Waals surface area contributed by atoms with Crippen molar-refractivity contribution in [2.75, 3.05) is 12.4 Å². The maximum Gasteiger partial charge on any atom is 0.161 e. The number of halogens is 1. The lowest BCUT2D eigenvalue weighted by atomic mass is 10.0. The highest BCUT2D eigenvalue weighted by atomic mass is 127. The Labute approximate surface area is 120 Å². The Hall–Kier alpha value is -1.17. The van der Waals surface area contributed by atoms with Crippen molar-refractivity contribution in [3.8, 4) is 11.4 Å². The minimum absolute atomic E-state index is 0.710. The first-order valence-corrected chi connectivity index (χ1v) is 7.17. The van der Waals surface area contributed by atoms with E-state index >= 15 is 0 Å². The fourth-order valence-corrected chi connectivity index (χ4v) is 2.65. The van der Waals surface area contributed by atoms with Gasteiger partial charge in [0, 0.05) is 18.8 Å². The summed E-state index contributed by atoms with van der Waals surface area (Å²) in [7, 11) is 1.89. The average Bonchev–Trinajstić information content (AvgIpc) is 3.24. The summed E-state index contributed by atoms with van der Waals surface area (Å²) in [5, 5.41) is 3.11. The van der Waals surface area contributed by atoms with Crippen LogP contribution in [0.15, 0.2) is 30.5 Å². The maximum atomic E-state index is 4.60. The second-order valence-corrected chi connectivity index (χ2v) is 5.66. The van der Waals surface area contributed by atoms with Gasteiger partial charge in [-0.05, 0) is 46.9 Å². The third-order valence-electron chi connectivity index (χ3n) is 3.20. The van der Waals surface area contributed by atoms with E-state index in [2.05, 4.69) is 62.1 Å². The summed E-state index contributed by atoms with van der Waals surface area (Å²) in [5.74, 6) is 2.43. The van der Waals surface area contributed by atoms with E-state index in [0.29, 0.717) is 5.92 Å². The van der Waals surface area contributed by atoms with Gasteiger partial charge in [-0.1, -0.05) is 24.3 Å². The van der Waals surface area contributed by atoms with Gasteiger partial charge in [-0.2, -0.15) is 0 Å². The summed E-state index contributed by atoms with van der Waals surface area (Å²) in [6.07, 6.45) is 4.46. The molecule has 3 nitrogen and oxygen atoms in total. The highest BCUT2D eigenvalue weighted by Gasteiger charge is 2.26. The molecule has 92 valence electrons. The van der Waals surface area contributed by atoms with Gasteiger partial charge in [-0.25, -0.2) is 9.97 Å². The normalized spacial score (nSPS) is 14.6. The number of rotatable bonds is 3. The van der Waals surface area contributed by atoms with Gasteiger partial charge in [0.2, 0.25) is 0 Å². The lowest BCUT2D eigenvalue weighted by Crippen LogP contribution is -2.00. The molecule has 1 aliphatic carbocycles. The number of nitrogens with zero attached hydrogens (tertiary/aromatic N) is 2. The van der Waals surface area contributed by atoms with E-state index in [-0.39, 0.29) is 0 Å². The lowest BCUT2D eigenvalue weighted by Gasteiger charge is -2.09. The van der Waals surface area contributed by atoms with Gasteiger partial charge < -0.3 is 5.32 Å². The van der Waals surface area contributed by atoms with Gasteiger partial charge in [-0.3, -0.25) is 0 Å². The Kier molecular flexibility index (Phi) is 3.20. The van der Waals surface area contributed by atoms with Crippen LogP contribution in [0, 0.1) is 3.57 Å². The first-order valence-electron chi connectivity index (χ1n) is 6.09. The third kappa shape index (κ3) is 2.21. The van der Waals surface area contributed by atoms with E-state index in [1.165, 1.54) is 24.0 Å². The summed E-state index contributed by atoms with van der Waals surface area (Å²) < 4.78 is 1.04. The molecule has 2 aromatic rings. The lowest BCUT2D eigenvalue weighted by molar-refractivity contribution is 1.09. The van der Waals surface area contributed by atoms with Crippen molar-refractivity contribution in [3.05, 3.63) is 39.6 Å². The topological polar surface area (TPSA) is 37.8 Å². The molecule has 0 saturated heterocycles. The Morgan fingerprint density at radius 1 is 1.28 bits per heavy atom. The predicted octanol–water partition coefficient (Wildman–Crippen LogP) is 3.67. The van der Waals surface area contributed by atoms with Gasteiger partial charge in [-0.15, -0.1) is 0 Å². The fraction of sp³-hybridized carbons (Fsp3) is 0.286. The van der Waals surface area contributed by atoms with E-state index in [9.17, 15) is 0 Å². The van der Waals surface area contributed by atoms with Crippen molar-refractivity contribution < 1.29 is 0 Å². The molecule has 1 aliphatic rings. The van der Waals surface area contributed by atoms with Gasteiger partial charge in [0.15, 0.2) is 5.82 Å². The molecule has 3 rings (SSSR count). The monoisotopic (exact) mass is 351 g/mol. The molecule has 0 amide bonds. The fourth-order valence-electron chi connectivity index (χ4n) is 2.12. The maximum absolute atomic E-state index is 4.60. The minimum atomic E-state index is 0.710. The third-order valence-corrected chi connectivity index (χ3v) is 3.99. The largest absolute Gasteiger partial charge is 0.372 e. The Morgan fingerprint density at radius 2 is 2.06 bits per heavy atom. The van der Waals surface area contributed by atoms with Crippen molar-refractivity contribution in [2.45, 2.75) is 18.8 Å². The molecule has 1 heterocycles.